The van der Waals surface area contributed by atoms with Gasteiger partial charge in [0.2, 0.25) is 5.91 Å². The maximum absolute atomic E-state index is 11.9. The number of pyridine rings is 1. The maximum Gasteiger partial charge on any atom is 0.239 e. The van der Waals surface area contributed by atoms with Crippen molar-refractivity contribution in [1.82, 2.24) is 10.3 Å². The summed E-state index contributed by atoms with van der Waals surface area (Å²) in [5.74, 6) is 0.881. The summed E-state index contributed by atoms with van der Waals surface area (Å²) in [6, 6.07) is 2.18. The highest BCUT2D eigenvalue weighted by Gasteiger charge is 2.17. The molecule has 0 unspecified atom stereocenters. The van der Waals surface area contributed by atoms with Crippen molar-refractivity contribution >= 4 is 11.7 Å². The Morgan fingerprint density at radius 3 is 2.90 bits per heavy atom. The van der Waals surface area contributed by atoms with Gasteiger partial charge in [0, 0.05) is 31.4 Å². The van der Waals surface area contributed by atoms with Gasteiger partial charge in [-0.25, -0.2) is 4.98 Å². The highest BCUT2D eigenvalue weighted by Crippen LogP contribution is 2.26. The van der Waals surface area contributed by atoms with Crippen LogP contribution in [0.4, 0.5) is 5.82 Å². The zero-order valence-electron chi connectivity index (χ0n) is 13.1. The van der Waals surface area contributed by atoms with E-state index >= 15 is 0 Å². The molecule has 5 nitrogen and oxygen atoms in total. The van der Waals surface area contributed by atoms with Gasteiger partial charge in [-0.2, -0.15) is 0 Å². The van der Waals surface area contributed by atoms with E-state index in [0.29, 0.717) is 19.6 Å². The number of carbonyl (C=O) groups is 1. The zero-order chi connectivity index (χ0) is 15.2. The summed E-state index contributed by atoms with van der Waals surface area (Å²) >= 11 is 0. The molecule has 1 amide bonds. The largest absolute Gasteiger partial charge is 0.355 e. The number of aromatic nitrogens is 1. The molecule has 0 saturated heterocycles. The second kappa shape index (κ2) is 7.41. The van der Waals surface area contributed by atoms with Gasteiger partial charge in [0.1, 0.15) is 5.82 Å². The minimum absolute atomic E-state index is 0.0295. The first kappa shape index (κ1) is 15.8. The van der Waals surface area contributed by atoms with Crippen LogP contribution in [0, 0.1) is 0 Å². The molecular weight excluding hydrogens is 264 g/mol. The molecule has 21 heavy (non-hydrogen) atoms. The molecule has 0 radical (unpaired) electrons. The van der Waals surface area contributed by atoms with Crippen molar-refractivity contribution in [3.8, 4) is 0 Å². The molecule has 1 aliphatic rings. The Morgan fingerprint density at radius 1 is 1.43 bits per heavy atom. The van der Waals surface area contributed by atoms with Gasteiger partial charge in [0.25, 0.3) is 0 Å². The smallest absolute Gasteiger partial charge is 0.239 e. The average Bonchev–Trinajstić information content (AvgIpc) is 2.51. The summed E-state index contributed by atoms with van der Waals surface area (Å²) in [5.41, 5.74) is 9.40. The molecule has 0 atom stereocenters. The Labute approximate surface area is 126 Å². The number of nitrogens with two attached hydrogens (primary N) is 1. The van der Waals surface area contributed by atoms with Gasteiger partial charge in [0.15, 0.2) is 0 Å². The van der Waals surface area contributed by atoms with Gasteiger partial charge in [-0.1, -0.05) is 6.92 Å². The number of fused-ring (bicyclic) bond motifs is 1. The Morgan fingerprint density at radius 2 is 2.19 bits per heavy atom. The topological polar surface area (TPSA) is 71.2 Å². The fraction of sp³-hybridized carbons (Fsp3) is 0.625. The summed E-state index contributed by atoms with van der Waals surface area (Å²) in [7, 11) is 1.90. The molecule has 0 spiro atoms. The minimum atomic E-state index is 0.0295. The van der Waals surface area contributed by atoms with E-state index in [1.54, 1.807) is 0 Å². The van der Waals surface area contributed by atoms with Crippen LogP contribution in [-0.2, 0) is 24.2 Å². The fourth-order valence-electron chi connectivity index (χ4n) is 2.76. The van der Waals surface area contributed by atoms with Crippen molar-refractivity contribution in [2.45, 2.75) is 45.6 Å². The first-order valence-electron chi connectivity index (χ1n) is 7.85. The van der Waals surface area contributed by atoms with E-state index in [-0.39, 0.29) is 5.91 Å². The number of hydrogen-bond donors (Lipinski definition) is 2. The standard InChI is InChI=1S/C16H26N4O/c1-3-8-18-15(21)11-20(2)16-13(10-17)9-12-6-4-5-7-14(12)19-16/h9H,3-8,10-11,17H2,1-2H3,(H,18,21). The molecule has 0 aliphatic heterocycles. The molecule has 0 fully saturated rings. The van der Waals surface area contributed by atoms with E-state index in [4.69, 9.17) is 10.7 Å². The molecule has 1 aliphatic carbocycles. The average molecular weight is 290 g/mol. The number of nitrogens with one attached hydrogen (secondary N) is 1. The van der Waals surface area contributed by atoms with Crippen LogP contribution in [0.1, 0.15) is 43.0 Å². The Kier molecular flexibility index (Phi) is 5.56. The lowest BCUT2D eigenvalue weighted by molar-refractivity contribution is -0.119. The molecule has 1 aromatic heterocycles. The second-order valence-electron chi connectivity index (χ2n) is 5.69. The third-order valence-corrected chi connectivity index (χ3v) is 3.89. The number of hydrogen-bond acceptors (Lipinski definition) is 4. The van der Waals surface area contributed by atoms with Gasteiger partial charge in [-0.15, -0.1) is 0 Å². The highest BCUT2D eigenvalue weighted by atomic mass is 16.2. The Bertz CT molecular complexity index is 501. The van der Waals surface area contributed by atoms with Gasteiger partial charge in [-0.05, 0) is 43.7 Å². The molecule has 116 valence electrons. The van der Waals surface area contributed by atoms with Crippen molar-refractivity contribution in [2.24, 2.45) is 5.73 Å². The van der Waals surface area contributed by atoms with E-state index < -0.39 is 0 Å². The molecule has 0 aromatic carbocycles. The second-order valence-corrected chi connectivity index (χ2v) is 5.69. The van der Waals surface area contributed by atoms with E-state index in [9.17, 15) is 4.79 Å². The van der Waals surface area contributed by atoms with Gasteiger partial charge in [0.05, 0.1) is 6.54 Å². The molecule has 0 bridgehead atoms. The van der Waals surface area contributed by atoms with E-state index in [0.717, 1.165) is 30.6 Å². The zero-order valence-corrected chi connectivity index (χ0v) is 13.1. The van der Waals surface area contributed by atoms with Crippen LogP contribution >= 0.6 is 0 Å². The Balaban J connectivity index is 2.15. The summed E-state index contributed by atoms with van der Waals surface area (Å²) in [6.07, 6.45) is 5.50. The van der Waals surface area contributed by atoms with Crippen molar-refractivity contribution in [3.05, 3.63) is 22.9 Å². The van der Waals surface area contributed by atoms with Crippen molar-refractivity contribution < 1.29 is 4.79 Å². The van der Waals surface area contributed by atoms with E-state index in [1.165, 1.54) is 24.1 Å². The molecule has 0 saturated carbocycles. The van der Waals surface area contributed by atoms with Gasteiger partial charge in [-0.3, -0.25) is 4.79 Å². The molecule has 1 heterocycles. The summed E-state index contributed by atoms with van der Waals surface area (Å²) in [5, 5.41) is 2.89. The lowest BCUT2D eigenvalue weighted by atomic mass is 9.94. The van der Waals surface area contributed by atoms with E-state index in [2.05, 4.69) is 11.4 Å². The van der Waals surface area contributed by atoms with Crippen LogP contribution < -0.4 is 16.0 Å². The quantitative estimate of drug-likeness (QED) is 0.830. The first-order chi connectivity index (χ1) is 10.2. The minimum Gasteiger partial charge on any atom is -0.355 e. The predicted molar refractivity (Wildman–Crippen MR) is 85.3 cm³/mol. The number of nitrogens with zero attached hydrogens (tertiary/aromatic N) is 2. The monoisotopic (exact) mass is 290 g/mol. The third-order valence-electron chi connectivity index (χ3n) is 3.89. The summed E-state index contributed by atoms with van der Waals surface area (Å²) in [4.78, 5) is 18.6. The normalized spacial score (nSPS) is 13.7. The van der Waals surface area contributed by atoms with Crippen LogP contribution in [0.25, 0.3) is 0 Å². The van der Waals surface area contributed by atoms with Crippen LogP contribution in [0.15, 0.2) is 6.07 Å². The predicted octanol–water partition coefficient (Wildman–Crippen LogP) is 1.38. The van der Waals surface area contributed by atoms with Crippen molar-refractivity contribution in [2.75, 3.05) is 25.0 Å². The van der Waals surface area contributed by atoms with Crippen LogP contribution in [0.3, 0.4) is 0 Å². The number of carbonyl (C=O) groups excluding carboxylic acids is 1. The highest BCUT2D eigenvalue weighted by molar-refractivity contribution is 5.81. The number of anilines is 1. The van der Waals surface area contributed by atoms with E-state index in [1.807, 2.05) is 18.9 Å². The lowest BCUT2D eigenvalue weighted by Gasteiger charge is -2.24. The molecular formula is C16H26N4O. The first-order valence-corrected chi connectivity index (χ1v) is 7.85. The molecule has 5 heteroatoms. The van der Waals surface area contributed by atoms with Crippen LogP contribution in [0.2, 0.25) is 0 Å². The fourth-order valence-corrected chi connectivity index (χ4v) is 2.76. The molecule has 2 rings (SSSR count). The van der Waals surface area contributed by atoms with Crippen LogP contribution in [-0.4, -0.2) is 31.0 Å². The number of rotatable bonds is 6. The molecule has 3 N–H and O–H groups in total. The van der Waals surface area contributed by atoms with Crippen LogP contribution in [0.5, 0.6) is 0 Å². The van der Waals surface area contributed by atoms with Gasteiger partial charge < -0.3 is 16.0 Å². The summed E-state index contributed by atoms with van der Waals surface area (Å²) < 4.78 is 0. The third kappa shape index (κ3) is 3.94. The van der Waals surface area contributed by atoms with Crippen molar-refractivity contribution in [3.63, 3.8) is 0 Å². The maximum atomic E-state index is 11.9. The van der Waals surface area contributed by atoms with Gasteiger partial charge >= 0.3 is 0 Å². The van der Waals surface area contributed by atoms with Crippen molar-refractivity contribution in [1.29, 1.82) is 0 Å². The number of amides is 1. The number of likely N-dealkylation sites (N-methyl/N-ethyl adjacent to an activating group) is 1. The summed E-state index contributed by atoms with van der Waals surface area (Å²) in [6.45, 7) is 3.53. The Hall–Kier alpha value is -1.62. The number of aryl methyl sites for hydroxylation is 2. The SMILES string of the molecule is CCCNC(=O)CN(C)c1nc2c(cc1CN)CCCC2. The lowest BCUT2D eigenvalue weighted by Crippen LogP contribution is -2.36. The molecule has 1 aromatic rings.